The fourth-order valence-corrected chi connectivity index (χ4v) is 6.25. The largest absolute Gasteiger partial charge is 0.285 e. The quantitative estimate of drug-likeness (QED) is 0.113. The summed E-state index contributed by atoms with van der Waals surface area (Å²) in [5.74, 6) is 0. The molecule has 3 atom stereocenters. The van der Waals surface area contributed by atoms with Crippen LogP contribution in [0.3, 0.4) is 0 Å². The molecule has 0 bridgehead atoms. The summed E-state index contributed by atoms with van der Waals surface area (Å²) >= 11 is 0. The van der Waals surface area contributed by atoms with Gasteiger partial charge in [-0.25, -0.2) is 0 Å². The monoisotopic (exact) mass is 544 g/mol. The summed E-state index contributed by atoms with van der Waals surface area (Å²) in [6, 6.07) is 0. The summed E-state index contributed by atoms with van der Waals surface area (Å²) in [7, 11) is -4.28. The summed E-state index contributed by atoms with van der Waals surface area (Å²) in [5.41, 5.74) is 1.99. The highest BCUT2D eigenvalue weighted by atomic mass is 32.2. The Morgan fingerprint density at radius 2 is 1.21 bits per heavy atom. The number of hydrogen-bond donors (Lipinski definition) is 1. The Morgan fingerprint density at radius 1 is 0.684 bits per heavy atom. The molecule has 0 fully saturated rings. The molecule has 1 N–H and O–H groups in total. The Balaban J connectivity index is 2.27. The van der Waals surface area contributed by atoms with E-state index in [0.717, 1.165) is 24.8 Å². The van der Waals surface area contributed by atoms with Crippen molar-refractivity contribution in [3.63, 3.8) is 0 Å². The number of hydrogen-bond acceptors (Lipinski definition) is 2. The van der Waals surface area contributed by atoms with Crippen LogP contribution in [0.15, 0.2) is 59.8 Å². The Hall–Kier alpha value is -1.39. The van der Waals surface area contributed by atoms with Gasteiger partial charge in [0.15, 0.2) is 0 Å². The zero-order chi connectivity index (χ0) is 28.1. The lowest BCUT2D eigenvalue weighted by Crippen LogP contribution is -2.33. The van der Waals surface area contributed by atoms with E-state index in [2.05, 4.69) is 58.1 Å². The highest BCUT2D eigenvalue weighted by molar-refractivity contribution is 7.87. The summed E-state index contributed by atoms with van der Waals surface area (Å²) in [5, 5.41) is 0. The van der Waals surface area contributed by atoms with Crippen LogP contribution in [-0.4, -0.2) is 17.7 Å². The molecule has 3 nitrogen and oxygen atoms in total. The highest BCUT2D eigenvalue weighted by Crippen LogP contribution is 2.46. The first-order valence-corrected chi connectivity index (χ1v) is 16.9. The van der Waals surface area contributed by atoms with Crippen LogP contribution in [0.4, 0.5) is 0 Å². The van der Waals surface area contributed by atoms with Crippen molar-refractivity contribution in [1.29, 1.82) is 0 Å². The van der Waals surface area contributed by atoms with Gasteiger partial charge < -0.3 is 0 Å². The van der Waals surface area contributed by atoms with Gasteiger partial charge in [-0.2, -0.15) is 8.42 Å². The maximum Gasteiger partial charge on any atom is 0.277 e. The third-order valence-corrected chi connectivity index (χ3v) is 10.1. The van der Waals surface area contributed by atoms with Gasteiger partial charge in [0.1, 0.15) is 4.75 Å². The molecule has 0 saturated carbocycles. The minimum Gasteiger partial charge on any atom is -0.285 e. The van der Waals surface area contributed by atoms with E-state index in [1.54, 1.807) is 19.1 Å². The highest BCUT2D eigenvalue weighted by Gasteiger charge is 2.38. The maximum atomic E-state index is 12.3. The zero-order valence-corrected chi connectivity index (χ0v) is 25.9. The van der Waals surface area contributed by atoms with Crippen LogP contribution in [-0.2, 0) is 10.1 Å². The van der Waals surface area contributed by atoms with E-state index in [9.17, 15) is 13.0 Å². The van der Waals surface area contributed by atoms with E-state index in [1.807, 2.05) is 6.08 Å². The summed E-state index contributed by atoms with van der Waals surface area (Å²) in [6.07, 6.45) is 36.3. The molecule has 0 amide bonds. The van der Waals surface area contributed by atoms with Crippen molar-refractivity contribution in [2.75, 3.05) is 0 Å². The smallest absolute Gasteiger partial charge is 0.277 e. The molecule has 2 rings (SSSR count). The lowest BCUT2D eigenvalue weighted by Gasteiger charge is -2.36. The van der Waals surface area contributed by atoms with Crippen molar-refractivity contribution in [2.24, 2.45) is 10.8 Å². The predicted octanol–water partition coefficient (Wildman–Crippen LogP) is 10.5. The van der Waals surface area contributed by atoms with Crippen molar-refractivity contribution in [1.82, 2.24) is 0 Å². The fourth-order valence-electron chi connectivity index (χ4n) is 5.77. The van der Waals surface area contributed by atoms with Crippen LogP contribution < -0.4 is 0 Å². The molecule has 0 aromatic heterocycles. The van der Waals surface area contributed by atoms with E-state index in [0.29, 0.717) is 0 Å². The molecule has 3 unspecified atom stereocenters. The lowest BCUT2D eigenvalue weighted by atomic mass is 9.70. The van der Waals surface area contributed by atoms with Gasteiger partial charge in [0, 0.05) is 10.8 Å². The predicted molar refractivity (Wildman–Crippen MR) is 165 cm³/mol. The second-order valence-electron chi connectivity index (χ2n) is 12.5. The van der Waals surface area contributed by atoms with Gasteiger partial charge in [-0.05, 0) is 30.9 Å². The lowest BCUT2D eigenvalue weighted by molar-refractivity contribution is 0.412. The third-order valence-electron chi connectivity index (χ3n) is 8.70. The van der Waals surface area contributed by atoms with Gasteiger partial charge in [-0.3, -0.25) is 4.55 Å². The van der Waals surface area contributed by atoms with Crippen LogP contribution in [0.25, 0.3) is 0 Å². The van der Waals surface area contributed by atoms with Crippen LogP contribution >= 0.6 is 0 Å². The summed E-state index contributed by atoms with van der Waals surface area (Å²) in [4.78, 5) is 0. The molecule has 2 aliphatic carbocycles. The Labute approximate surface area is 235 Å². The van der Waals surface area contributed by atoms with E-state index in [4.69, 9.17) is 0 Å². The molecule has 0 aromatic carbocycles. The first-order valence-electron chi connectivity index (χ1n) is 15.5. The van der Waals surface area contributed by atoms with Crippen molar-refractivity contribution in [3.8, 4) is 0 Å². The second kappa shape index (κ2) is 15.4. The van der Waals surface area contributed by atoms with Crippen LogP contribution in [0, 0.1) is 10.8 Å². The van der Waals surface area contributed by atoms with E-state index in [-0.39, 0.29) is 10.8 Å². The third kappa shape index (κ3) is 9.97. The van der Waals surface area contributed by atoms with Crippen molar-refractivity contribution >= 4 is 10.1 Å². The van der Waals surface area contributed by atoms with E-state index in [1.165, 1.54) is 89.0 Å². The van der Waals surface area contributed by atoms with Gasteiger partial charge in [0.25, 0.3) is 10.1 Å². The van der Waals surface area contributed by atoms with Gasteiger partial charge in [-0.15, -0.1) is 0 Å². The van der Waals surface area contributed by atoms with Crippen molar-refractivity contribution < 1.29 is 13.0 Å². The number of allylic oxidation sites excluding steroid dienone is 8. The molecule has 0 aromatic rings. The van der Waals surface area contributed by atoms with E-state index < -0.39 is 14.9 Å². The average molecular weight is 545 g/mol. The second-order valence-corrected chi connectivity index (χ2v) is 14.4. The van der Waals surface area contributed by atoms with Crippen molar-refractivity contribution in [2.45, 2.75) is 142 Å². The molecule has 2 aliphatic rings. The minimum atomic E-state index is -4.28. The first kappa shape index (κ1) is 32.8. The summed E-state index contributed by atoms with van der Waals surface area (Å²) in [6.45, 7) is 10.7. The van der Waals surface area contributed by atoms with Crippen LogP contribution in [0.1, 0.15) is 137 Å². The average Bonchev–Trinajstić information content (AvgIpc) is 3.03. The minimum absolute atomic E-state index is 0.0361. The Bertz CT molecular complexity index is 983. The first-order chi connectivity index (χ1) is 18.0. The van der Waals surface area contributed by atoms with Gasteiger partial charge >= 0.3 is 0 Å². The fraction of sp³-hybridized carbons (Fsp3) is 0.706. The van der Waals surface area contributed by atoms with Gasteiger partial charge in [0.2, 0.25) is 0 Å². The molecular weight excluding hydrogens is 488 g/mol. The number of rotatable bonds is 17. The molecule has 4 heteroatoms. The topological polar surface area (TPSA) is 54.4 Å². The van der Waals surface area contributed by atoms with Gasteiger partial charge in [0.05, 0.1) is 0 Å². The number of unbranched alkanes of at least 4 members (excludes halogenated alkanes) is 12. The molecule has 0 saturated heterocycles. The normalized spacial score (nSPS) is 29.0. The molecule has 0 spiro atoms. The molecule has 0 aliphatic heterocycles. The molecular formula is C34H56O3S. The van der Waals surface area contributed by atoms with Crippen LogP contribution in [0.5, 0.6) is 0 Å². The molecule has 216 valence electrons. The van der Waals surface area contributed by atoms with Crippen LogP contribution in [0.2, 0.25) is 0 Å². The molecule has 0 heterocycles. The summed E-state index contributed by atoms with van der Waals surface area (Å²) < 4.78 is 33.3. The van der Waals surface area contributed by atoms with Crippen molar-refractivity contribution in [3.05, 3.63) is 59.8 Å². The molecule has 38 heavy (non-hydrogen) atoms. The molecule has 0 radical (unpaired) electrons. The maximum absolute atomic E-state index is 12.3. The Kier molecular flexibility index (Phi) is 13.3. The van der Waals surface area contributed by atoms with E-state index >= 15 is 0 Å². The Morgan fingerprint density at radius 3 is 1.76 bits per heavy atom. The standard InChI is InChI=1S/C34H56O3S/c1-6-8-10-12-14-16-18-23-32(3)24-20-21-30-22-26-34(5,38(35,36)37)28-27-33(4,31(30)29-32)25-19-17-15-13-11-9-7-2/h20-22,24,26-29H,6-19,23,25H2,1-5H3,(H,35,36,37)/b26-22-,28-27-. The SMILES string of the molecule is CCCCCCCCCC1(C)C=CC=C2/C=C\C(C)(S(=O)(=O)O)/C=C\C(C)(CCCCCCCCC)C2=C1. The number of fused-ring (bicyclic) bond motifs is 1. The zero-order valence-electron chi connectivity index (χ0n) is 25.1. The van der Waals surface area contributed by atoms with Gasteiger partial charge in [-0.1, -0.05) is 166 Å².